The summed E-state index contributed by atoms with van der Waals surface area (Å²) in [5.41, 5.74) is 5.93. The zero-order valence-corrected chi connectivity index (χ0v) is 19.0. The van der Waals surface area contributed by atoms with Crippen LogP contribution in [0.5, 0.6) is 0 Å². The molecule has 0 spiro atoms. The fraction of sp³-hybridized carbons (Fsp3) is 0.292. The molecule has 32 heavy (non-hydrogen) atoms. The molecule has 1 atom stereocenters. The lowest BCUT2D eigenvalue weighted by molar-refractivity contribution is 0.181. The largest absolute Gasteiger partial charge is 0.383 e. The minimum Gasteiger partial charge on any atom is -0.383 e. The van der Waals surface area contributed by atoms with Gasteiger partial charge in [-0.1, -0.05) is 29.8 Å². The van der Waals surface area contributed by atoms with Gasteiger partial charge in [0.25, 0.3) is 0 Å². The van der Waals surface area contributed by atoms with Gasteiger partial charge >= 0.3 is 0 Å². The van der Waals surface area contributed by atoms with Gasteiger partial charge in [0, 0.05) is 31.6 Å². The van der Waals surface area contributed by atoms with Crippen molar-refractivity contribution in [1.29, 1.82) is 0 Å². The van der Waals surface area contributed by atoms with Crippen LogP contribution in [0.1, 0.15) is 18.4 Å². The van der Waals surface area contributed by atoms with Gasteiger partial charge in [-0.15, -0.1) is 12.4 Å². The van der Waals surface area contributed by atoms with Gasteiger partial charge in [0.1, 0.15) is 5.82 Å². The molecule has 8 heteroatoms. The second-order valence-electron chi connectivity index (χ2n) is 7.98. The summed E-state index contributed by atoms with van der Waals surface area (Å²) >= 11 is 0. The number of hydrogen-bond acceptors (Lipinski definition) is 6. The van der Waals surface area contributed by atoms with Crippen LogP contribution in [-0.4, -0.2) is 45.9 Å². The van der Waals surface area contributed by atoms with E-state index in [1.54, 1.807) is 17.8 Å². The summed E-state index contributed by atoms with van der Waals surface area (Å²) in [5, 5.41) is 8.14. The lowest BCUT2D eigenvalue weighted by atomic mass is 10.1. The van der Waals surface area contributed by atoms with Crippen molar-refractivity contribution in [2.75, 3.05) is 30.5 Å². The van der Waals surface area contributed by atoms with Gasteiger partial charge < -0.3 is 15.0 Å². The van der Waals surface area contributed by atoms with Gasteiger partial charge in [0.05, 0.1) is 35.9 Å². The zero-order chi connectivity index (χ0) is 21.2. The number of halogens is 1. The molecule has 7 nitrogen and oxygen atoms in total. The quantitative estimate of drug-likeness (QED) is 0.451. The summed E-state index contributed by atoms with van der Waals surface area (Å²) in [6, 6.07) is 14.9. The van der Waals surface area contributed by atoms with Crippen LogP contribution in [0.4, 0.5) is 17.2 Å². The summed E-state index contributed by atoms with van der Waals surface area (Å²) in [6.45, 7) is 3.87. The van der Waals surface area contributed by atoms with Gasteiger partial charge in [-0.25, -0.2) is 14.5 Å². The van der Waals surface area contributed by atoms with E-state index in [0.717, 1.165) is 53.7 Å². The summed E-state index contributed by atoms with van der Waals surface area (Å²) in [4.78, 5) is 11.5. The van der Waals surface area contributed by atoms with Gasteiger partial charge in [-0.05, 0) is 38.0 Å². The second kappa shape index (κ2) is 9.54. The number of nitrogens with zero attached hydrogens (tertiary/aromatic N) is 5. The first kappa shape index (κ1) is 22.0. The summed E-state index contributed by atoms with van der Waals surface area (Å²) in [5.74, 6) is 0.775. The molecule has 0 bridgehead atoms. The number of aryl methyl sites for hydroxylation is 1. The molecule has 0 saturated carbocycles. The Labute approximate surface area is 193 Å². The molecule has 1 N–H and O–H groups in total. The number of fused-ring (bicyclic) bond motifs is 1. The molecule has 3 aromatic heterocycles. The predicted octanol–water partition coefficient (Wildman–Crippen LogP) is 4.88. The zero-order valence-electron chi connectivity index (χ0n) is 18.2. The Bertz CT molecular complexity index is 1180. The number of aromatic nitrogens is 4. The van der Waals surface area contributed by atoms with Gasteiger partial charge in [0.15, 0.2) is 5.65 Å². The molecule has 1 saturated heterocycles. The Morgan fingerprint density at radius 3 is 2.72 bits per heavy atom. The third-order valence-corrected chi connectivity index (χ3v) is 5.78. The molecule has 1 unspecified atom stereocenters. The lowest BCUT2D eigenvalue weighted by Gasteiger charge is -2.26. The van der Waals surface area contributed by atoms with Crippen LogP contribution >= 0.6 is 12.4 Å². The molecule has 1 aromatic carbocycles. The van der Waals surface area contributed by atoms with Crippen molar-refractivity contribution in [3.8, 4) is 11.3 Å². The first-order valence-electron chi connectivity index (χ1n) is 10.6. The highest BCUT2D eigenvalue weighted by Gasteiger charge is 2.24. The second-order valence-corrected chi connectivity index (χ2v) is 7.98. The molecule has 4 heterocycles. The normalized spacial score (nSPS) is 15.7. The van der Waals surface area contributed by atoms with Crippen LogP contribution in [0.3, 0.4) is 0 Å². The number of rotatable bonds is 6. The van der Waals surface area contributed by atoms with Crippen LogP contribution in [0.15, 0.2) is 61.1 Å². The Hall–Kier alpha value is -3.16. The summed E-state index contributed by atoms with van der Waals surface area (Å²) < 4.78 is 7.18. The first-order chi connectivity index (χ1) is 15.2. The highest BCUT2D eigenvalue weighted by molar-refractivity contribution is 5.85. The molecule has 5 rings (SSSR count). The van der Waals surface area contributed by atoms with Crippen molar-refractivity contribution < 1.29 is 4.74 Å². The fourth-order valence-electron chi connectivity index (χ4n) is 4.18. The molecule has 1 fully saturated rings. The summed E-state index contributed by atoms with van der Waals surface area (Å²) in [7, 11) is 1.76. The Morgan fingerprint density at radius 2 is 1.97 bits per heavy atom. The van der Waals surface area contributed by atoms with E-state index in [9.17, 15) is 0 Å². The van der Waals surface area contributed by atoms with Gasteiger partial charge in [-0.2, -0.15) is 5.10 Å². The number of hydrogen-bond donors (Lipinski definition) is 1. The molecule has 0 radical (unpaired) electrons. The number of imidazole rings is 1. The Morgan fingerprint density at radius 1 is 1.12 bits per heavy atom. The highest BCUT2D eigenvalue weighted by atomic mass is 35.5. The fourth-order valence-corrected chi connectivity index (χ4v) is 4.18. The molecule has 1 aliphatic rings. The van der Waals surface area contributed by atoms with E-state index in [0.29, 0.717) is 6.04 Å². The minimum absolute atomic E-state index is 0. The molecular weight excluding hydrogens is 424 g/mol. The van der Waals surface area contributed by atoms with E-state index in [2.05, 4.69) is 57.4 Å². The Balaban J connectivity index is 0.00000245. The van der Waals surface area contributed by atoms with Crippen molar-refractivity contribution in [2.24, 2.45) is 0 Å². The maximum absolute atomic E-state index is 5.38. The van der Waals surface area contributed by atoms with Gasteiger partial charge in [0.2, 0.25) is 0 Å². The van der Waals surface area contributed by atoms with Gasteiger partial charge in [-0.3, -0.25) is 0 Å². The van der Waals surface area contributed by atoms with E-state index >= 15 is 0 Å². The average molecular weight is 451 g/mol. The van der Waals surface area contributed by atoms with Crippen molar-refractivity contribution >= 4 is 35.2 Å². The van der Waals surface area contributed by atoms with E-state index in [-0.39, 0.29) is 12.4 Å². The molecular formula is C24H27ClN6O. The summed E-state index contributed by atoms with van der Waals surface area (Å²) in [6.07, 6.45) is 7.89. The monoisotopic (exact) mass is 450 g/mol. The smallest absolute Gasteiger partial charge is 0.177 e. The van der Waals surface area contributed by atoms with E-state index < -0.39 is 0 Å². The number of methoxy groups -OCH3 is 1. The third-order valence-electron chi connectivity index (χ3n) is 5.78. The molecule has 4 aromatic rings. The number of benzene rings is 1. The molecule has 1 aliphatic heterocycles. The lowest BCUT2D eigenvalue weighted by Crippen LogP contribution is -2.32. The van der Waals surface area contributed by atoms with Crippen LogP contribution in [0.25, 0.3) is 16.9 Å². The maximum atomic E-state index is 5.38. The topological polar surface area (TPSA) is 67.6 Å². The van der Waals surface area contributed by atoms with Crippen molar-refractivity contribution in [2.45, 2.75) is 25.8 Å². The van der Waals surface area contributed by atoms with Crippen LogP contribution in [0, 0.1) is 6.92 Å². The Kier molecular flexibility index (Phi) is 6.58. The molecule has 0 amide bonds. The van der Waals surface area contributed by atoms with Crippen molar-refractivity contribution in [3.05, 3.63) is 66.6 Å². The van der Waals surface area contributed by atoms with E-state index in [1.807, 2.05) is 24.5 Å². The average Bonchev–Trinajstić information content (AvgIpc) is 3.45. The van der Waals surface area contributed by atoms with Crippen LogP contribution < -0.4 is 10.2 Å². The highest BCUT2D eigenvalue weighted by Crippen LogP contribution is 2.28. The molecule has 0 aliphatic carbocycles. The minimum atomic E-state index is 0. The van der Waals surface area contributed by atoms with Crippen LogP contribution in [0.2, 0.25) is 0 Å². The number of ether oxygens (including phenoxy) is 1. The van der Waals surface area contributed by atoms with E-state index in [1.165, 1.54) is 12.0 Å². The van der Waals surface area contributed by atoms with Crippen molar-refractivity contribution in [1.82, 2.24) is 19.6 Å². The van der Waals surface area contributed by atoms with Crippen molar-refractivity contribution in [3.63, 3.8) is 0 Å². The predicted molar refractivity (Wildman–Crippen MR) is 130 cm³/mol. The SMILES string of the molecule is COCC1CCCN1c1ccc(Nc2cc(-c3ccc(C)cc3)nn3ccnc23)nc1.Cl. The number of pyridine rings is 1. The molecule has 166 valence electrons. The maximum Gasteiger partial charge on any atom is 0.177 e. The number of nitrogens with one attached hydrogen (secondary N) is 1. The van der Waals surface area contributed by atoms with E-state index in [4.69, 9.17) is 9.84 Å². The standard InChI is InChI=1S/C24H26N6O.ClH/c1-17-5-7-18(8-6-17)21-14-22(24-25-11-13-30(24)28-21)27-23-10-9-19(15-26-23)29-12-3-4-20(29)16-31-2;/h5-11,13-15,20H,3-4,12,16H2,1-2H3,(H,26,27);1H. The van der Waals surface area contributed by atoms with Crippen LogP contribution in [-0.2, 0) is 4.74 Å². The third kappa shape index (κ3) is 4.40. The first-order valence-corrected chi connectivity index (χ1v) is 10.6. The number of anilines is 3.